The van der Waals surface area contributed by atoms with Gasteiger partial charge in [-0.3, -0.25) is 0 Å². The third kappa shape index (κ3) is 3.47. The molecule has 0 heterocycles. The molecule has 1 aromatic rings. The molecular formula is C10H13BrClFN2. The molecule has 0 fully saturated rings. The Morgan fingerprint density at radius 2 is 2.00 bits per heavy atom. The van der Waals surface area contributed by atoms with Crippen molar-refractivity contribution in [1.29, 1.82) is 0 Å². The average Bonchev–Trinajstić information content (AvgIpc) is 2.26. The van der Waals surface area contributed by atoms with E-state index in [1.54, 1.807) is 19.1 Å². The van der Waals surface area contributed by atoms with Crippen LogP contribution in [0.3, 0.4) is 0 Å². The first-order valence-corrected chi connectivity index (χ1v) is 5.56. The summed E-state index contributed by atoms with van der Waals surface area (Å²) < 4.78 is 16.9. The topological polar surface area (TPSA) is 38.4 Å². The van der Waals surface area contributed by atoms with Crippen LogP contribution in [0, 0.1) is 12.7 Å². The van der Waals surface area contributed by atoms with Gasteiger partial charge in [-0.05, 0) is 18.6 Å². The van der Waals surface area contributed by atoms with Gasteiger partial charge in [0.2, 0.25) is 0 Å². The summed E-state index contributed by atoms with van der Waals surface area (Å²) in [6, 6.07) is 3.17. The van der Waals surface area contributed by atoms with E-state index < -0.39 is 5.82 Å². The number of aryl methyl sites for hydroxylation is 1. The van der Waals surface area contributed by atoms with E-state index in [9.17, 15) is 4.39 Å². The summed E-state index contributed by atoms with van der Waals surface area (Å²) in [6.07, 6.45) is 0. The number of nitrogens with zero attached hydrogens (tertiary/aromatic N) is 1. The molecule has 0 amide bonds. The van der Waals surface area contributed by atoms with E-state index in [1.807, 2.05) is 13.8 Å². The minimum atomic E-state index is -0.437. The molecule has 0 atom stereocenters. The van der Waals surface area contributed by atoms with Crippen LogP contribution in [0.2, 0.25) is 5.02 Å². The maximum Gasteiger partial charge on any atom is 0.143 e. The Hall–Kier alpha value is -0.610. The zero-order valence-corrected chi connectivity index (χ0v) is 11.2. The smallest absolute Gasteiger partial charge is 0.143 e. The van der Waals surface area contributed by atoms with Crippen molar-refractivity contribution in [3.8, 4) is 0 Å². The molecule has 0 aliphatic heterocycles. The van der Waals surface area contributed by atoms with E-state index in [0.29, 0.717) is 5.56 Å². The van der Waals surface area contributed by atoms with Crippen LogP contribution in [0.25, 0.3) is 0 Å². The van der Waals surface area contributed by atoms with E-state index in [1.165, 1.54) is 0 Å². The molecule has 15 heavy (non-hydrogen) atoms. The van der Waals surface area contributed by atoms with Crippen molar-refractivity contribution in [1.82, 2.24) is 0 Å². The maximum atomic E-state index is 13.4. The SMILES string of the molecule is CC.Cc1ccc(Cl)c(/C(N)=N/Br)c1F. The molecule has 5 heteroatoms. The molecule has 0 bridgehead atoms. The van der Waals surface area contributed by atoms with Gasteiger partial charge in [0.05, 0.1) is 26.7 Å². The highest BCUT2D eigenvalue weighted by atomic mass is 79.9. The summed E-state index contributed by atoms with van der Waals surface area (Å²) >= 11 is 8.54. The Morgan fingerprint density at radius 3 is 2.47 bits per heavy atom. The molecule has 0 saturated heterocycles. The predicted octanol–water partition coefficient (Wildman–Crippen LogP) is 3.83. The monoisotopic (exact) mass is 294 g/mol. The lowest BCUT2D eigenvalue weighted by Gasteiger charge is -2.05. The van der Waals surface area contributed by atoms with Gasteiger partial charge in [-0.25, -0.2) is 4.39 Å². The zero-order chi connectivity index (χ0) is 12.0. The van der Waals surface area contributed by atoms with E-state index in [4.69, 9.17) is 17.3 Å². The first kappa shape index (κ1) is 14.4. The Kier molecular flexibility index (Phi) is 6.52. The van der Waals surface area contributed by atoms with Gasteiger partial charge in [0.25, 0.3) is 0 Å². The van der Waals surface area contributed by atoms with Crippen LogP contribution in [-0.2, 0) is 0 Å². The van der Waals surface area contributed by atoms with Crippen molar-refractivity contribution >= 4 is 33.6 Å². The molecule has 0 aliphatic rings. The summed E-state index contributed by atoms with van der Waals surface area (Å²) in [4.78, 5) is 0. The highest BCUT2D eigenvalue weighted by Gasteiger charge is 2.12. The molecule has 2 nitrogen and oxygen atoms in total. The number of hydrogen-bond donors (Lipinski definition) is 1. The Balaban J connectivity index is 0.000000921. The van der Waals surface area contributed by atoms with Crippen molar-refractivity contribution < 1.29 is 4.39 Å². The Bertz CT molecular complexity index is 367. The lowest BCUT2D eigenvalue weighted by Crippen LogP contribution is -2.15. The molecule has 0 saturated carbocycles. The minimum Gasteiger partial charge on any atom is -0.383 e. The van der Waals surface area contributed by atoms with Gasteiger partial charge < -0.3 is 5.73 Å². The normalized spacial score (nSPS) is 10.7. The first-order chi connectivity index (χ1) is 7.07. The lowest BCUT2D eigenvalue weighted by molar-refractivity contribution is 0.616. The highest BCUT2D eigenvalue weighted by molar-refractivity contribution is 9.08. The Labute approximate surface area is 103 Å². The second kappa shape index (κ2) is 6.80. The number of nitrogens with two attached hydrogens (primary N) is 1. The van der Waals surface area contributed by atoms with E-state index >= 15 is 0 Å². The van der Waals surface area contributed by atoms with Crippen molar-refractivity contribution in [2.24, 2.45) is 9.75 Å². The van der Waals surface area contributed by atoms with Gasteiger partial charge in [0, 0.05) is 0 Å². The summed E-state index contributed by atoms with van der Waals surface area (Å²) in [7, 11) is 0. The molecule has 0 spiro atoms. The number of amidine groups is 1. The summed E-state index contributed by atoms with van der Waals surface area (Å²) in [5.41, 5.74) is 6.07. The molecule has 0 aliphatic carbocycles. The van der Waals surface area contributed by atoms with Gasteiger partial charge >= 0.3 is 0 Å². The third-order valence-corrected chi connectivity index (χ3v) is 2.33. The van der Waals surface area contributed by atoms with Crippen LogP contribution in [0.15, 0.2) is 16.2 Å². The number of benzene rings is 1. The molecule has 2 N–H and O–H groups in total. The fourth-order valence-electron chi connectivity index (χ4n) is 0.934. The fourth-order valence-corrected chi connectivity index (χ4v) is 1.35. The van der Waals surface area contributed by atoms with E-state index in [-0.39, 0.29) is 16.4 Å². The van der Waals surface area contributed by atoms with Crippen LogP contribution in [-0.4, -0.2) is 5.84 Å². The molecule has 1 rings (SSSR count). The van der Waals surface area contributed by atoms with Crippen LogP contribution in [0.5, 0.6) is 0 Å². The molecule has 0 aromatic heterocycles. The predicted molar refractivity (Wildman–Crippen MR) is 67.1 cm³/mol. The lowest BCUT2D eigenvalue weighted by atomic mass is 10.1. The van der Waals surface area contributed by atoms with Crippen molar-refractivity contribution in [3.63, 3.8) is 0 Å². The summed E-state index contributed by atoms with van der Waals surface area (Å²) in [5.74, 6) is -0.403. The quantitative estimate of drug-likeness (QED) is 0.620. The zero-order valence-electron chi connectivity index (χ0n) is 8.81. The van der Waals surface area contributed by atoms with Gasteiger partial charge in [0.1, 0.15) is 11.7 Å². The molecule has 84 valence electrons. The third-order valence-electron chi connectivity index (χ3n) is 1.63. The fraction of sp³-hybridized carbons (Fsp3) is 0.300. The van der Waals surface area contributed by atoms with Crippen LogP contribution in [0.4, 0.5) is 4.39 Å². The largest absolute Gasteiger partial charge is 0.383 e. The van der Waals surface area contributed by atoms with Gasteiger partial charge in [0.15, 0.2) is 0 Å². The number of halogens is 3. The summed E-state index contributed by atoms with van der Waals surface area (Å²) in [6.45, 7) is 5.64. The standard InChI is InChI=1S/C8H7BrClFN2.C2H6/c1-4-2-3-5(10)6(7(4)11)8(12)13-9;1-2/h2-3H,1H3,(H2,12,13);1-2H3. The second-order valence-corrected chi connectivity index (χ2v) is 3.28. The number of rotatable bonds is 1. The minimum absolute atomic E-state index is 0.0335. The van der Waals surface area contributed by atoms with Crippen molar-refractivity contribution in [3.05, 3.63) is 34.1 Å². The van der Waals surface area contributed by atoms with Crippen LogP contribution in [0.1, 0.15) is 25.0 Å². The summed E-state index contributed by atoms with van der Waals surface area (Å²) in [5, 5.41) is 0.254. The number of hydrogen-bond acceptors (Lipinski definition) is 1. The highest BCUT2D eigenvalue weighted by Crippen LogP contribution is 2.21. The molecule has 1 aromatic carbocycles. The van der Waals surface area contributed by atoms with Crippen LogP contribution < -0.4 is 5.73 Å². The molecule has 0 unspecified atom stereocenters. The maximum absolute atomic E-state index is 13.4. The van der Waals surface area contributed by atoms with Gasteiger partial charge in [-0.1, -0.05) is 31.5 Å². The van der Waals surface area contributed by atoms with Gasteiger partial charge in [-0.15, -0.1) is 0 Å². The molecular weight excluding hydrogens is 282 g/mol. The second-order valence-electron chi connectivity index (χ2n) is 2.52. The van der Waals surface area contributed by atoms with E-state index in [0.717, 1.165) is 0 Å². The van der Waals surface area contributed by atoms with Gasteiger partial charge in [-0.2, -0.15) is 4.02 Å². The van der Waals surface area contributed by atoms with Crippen molar-refractivity contribution in [2.75, 3.05) is 0 Å². The molecule has 0 radical (unpaired) electrons. The average molecular weight is 296 g/mol. The van der Waals surface area contributed by atoms with Crippen LogP contribution >= 0.6 is 27.7 Å². The first-order valence-electron chi connectivity index (χ1n) is 4.47. The Morgan fingerprint density at radius 1 is 1.47 bits per heavy atom. The van der Waals surface area contributed by atoms with Crippen molar-refractivity contribution in [2.45, 2.75) is 20.8 Å². The van der Waals surface area contributed by atoms with E-state index in [2.05, 4.69) is 20.2 Å².